The van der Waals surface area contributed by atoms with Crippen LogP contribution in [-0.2, 0) is 4.79 Å². The standard InChI is InChI=1S/C21H16N6O2S2/c1-29-14-8-6-13(7-9-14)15-10-11-18-24-25-21(27(18)26-15)30-12-19(28)23-20-22-16-4-2-3-5-17(16)31-20/h2-11H,12H2,1H3,(H,22,23,28). The van der Waals surface area contributed by atoms with Gasteiger partial charge in [0.05, 0.1) is 28.8 Å². The van der Waals surface area contributed by atoms with E-state index in [-0.39, 0.29) is 11.7 Å². The number of carbonyl (C=O) groups excluding carboxylic acids is 1. The summed E-state index contributed by atoms with van der Waals surface area (Å²) in [6.45, 7) is 0. The monoisotopic (exact) mass is 448 g/mol. The third-order valence-electron chi connectivity index (χ3n) is 4.49. The molecule has 2 aromatic carbocycles. The fraction of sp³-hybridized carbons (Fsp3) is 0.0952. The van der Waals surface area contributed by atoms with Crippen LogP contribution in [0.15, 0.2) is 65.8 Å². The van der Waals surface area contributed by atoms with Gasteiger partial charge in [0.2, 0.25) is 11.1 Å². The van der Waals surface area contributed by atoms with Gasteiger partial charge in [0.25, 0.3) is 0 Å². The molecule has 0 atom stereocenters. The van der Waals surface area contributed by atoms with Gasteiger partial charge in [0, 0.05) is 5.56 Å². The van der Waals surface area contributed by atoms with Gasteiger partial charge in [-0.15, -0.1) is 10.2 Å². The fourth-order valence-electron chi connectivity index (χ4n) is 2.99. The van der Waals surface area contributed by atoms with E-state index in [1.54, 1.807) is 11.6 Å². The number of thiazole rings is 1. The number of carbonyl (C=O) groups is 1. The van der Waals surface area contributed by atoms with Crippen molar-refractivity contribution >= 4 is 50.0 Å². The number of benzene rings is 2. The van der Waals surface area contributed by atoms with Crippen LogP contribution in [0.2, 0.25) is 0 Å². The number of thioether (sulfide) groups is 1. The van der Waals surface area contributed by atoms with Crippen molar-refractivity contribution in [2.75, 3.05) is 18.2 Å². The Hall–Kier alpha value is -3.50. The van der Waals surface area contributed by atoms with Crippen molar-refractivity contribution in [1.29, 1.82) is 0 Å². The van der Waals surface area contributed by atoms with Crippen LogP contribution in [0.3, 0.4) is 0 Å². The lowest BCUT2D eigenvalue weighted by atomic mass is 10.1. The van der Waals surface area contributed by atoms with Gasteiger partial charge < -0.3 is 10.1 Å². The second-order valence-corrected chi connectivity index (χ2v) is 8.50. The first-order valence-corrected chi connectivity index (χ1v) is 11.1. The summed E-state index contributed by atoms with van der Waals surface area (Å²) in [4.78, 5) is 16.8. The molecule has 8 nitrogen and oxygen atoms in total. The highest BCUT2D eigenvalue weighted by atomic mass is 32.2. The average Bonchev–Trinajstić information content (AvgIpc) is 3.40. The zero-order valence-electron chi connectivity index (χ0n) is 16.3. The van der Waals surface area contributed by atoms with Crippen molar-refractivity contribution in [3.63, 3.8) is 0 Å². The van der Waals surface area contributed by atoms with E-state index in [1.165, 1.54) is 23.1 Å². The molecule has 0 bridgehead atoms. The van der Waals surface area contributed by atoms with Crippen molar-refractivity contribution in [1.82, 2.24) is 24.8 Å². The van der Waals surface area contributed by atoms with Crippen molar-refractivity contribution in [3.05, 3.63) is 60.7 Å². The Kier molecular flexibility index (Phi) is 5.23. The van der Waals surface area contributed by atoms with Gasteiger partial charge in [-0.2, -0.15) is 9.61 Å². The van der Waals surface area contributed by atoms with E-state index < -0.39 is 0 Å². The number of nitrogens with zero attached hydrogens (tertiary/aromatic N) is 5. The summed E-state index contributed by atoms with van der Waals surface area (Å²) in [5, 5.41) is 16.9. The molecule has 10 heteroatoms. The average molecular weight is 449 g/mol. The molecule has 0 saturated heterocycles. The summed E-state index contributed by atoms with van der Waals surface area (Å²) in [6, 6.07) is 19.2. The maximum atomic E-state index is 12.4. The number of amides is 1. The molecular weight excluding hydrogens is 432 g/mol. The molecule has 0 saturated carbocycles. The number of aromatic nitrogens is 5. The quantitative estimate of drug-likeness (QED) is 0.390. The Balaban J connectivity index is 1.30. The van der Waals surface area contributed by atoms with Crippen LogP contribution in [0.4, 0.5) is 5.13 Å². The topological polar surface area (TPSA) is 94.3 Å². The summed E-state index contributed by atoms with van der Waals surface area (Å²) < 4.78 is 7.89. The van der Waals surface area contributed by atoms with Crippen LogP contribution < -0.4 is 10.1 Å². The number of hydrogen-bond donors (Lipinski definition) is 1. The molecule has 3 heterocycles. The smallest absolute Gasteiger partial charge is 0.236 e. The van der Waals surface area contributed by atoms with Crippen molar-refractivity contribution in [3.8, 4) is 17.0 Å². The SMILES string of the molecule is COc1ccc(-c2ccc3nnc(SCC(=O)Nc4nc5ccccc5s4)n3n2)cc1. The molecule has 1 amide bonds. The highest BCUT2D eigenvalue weighted by Crippen LogP contribution is 2.26. The summed E-state index contributed by atoms with van der Waals surface area (Å²) in [7, 11) is 1.63. The molecule has 0 aliphatic rings. The Morgan fingerprint density at radius 3 is 2.74 bits per heavy atom. The molecule has 0 aliphatic heterocycles. The molecule has 0 aliphatic carbocycles. The lowest BCUT2D eigenvalue weighted by Crippen LogP contribution is -2.14. The molecule has 0 spiro atoms. The summed E-state index contributed by atoms with van der Waals surface area (Å²) in [6.07, 6.45) is 0. The minimum absolute atomic E-state index is 0.160. The van der Waals surface area contributed by atoms with Crippen LogP contribution >= 0.6 is 23.1 Å². The zero-order valence-corrected chi connectivity index (χ0v) is 18.0. The first kappa shape index (κ1) is 19.5. The van der Waals surface area contributed by atoms with Gasteiger partial charge in [0.1, 0.15) is 5.75 Å². The number of rotatable bonds is 6. The van der Waals surface area contributed by atoms with Gasteiger partial charge in [-0.1, -0.05) is 35.2 Å². The van der Waals surface area contributed by atoms with E-state index in [1.807, 2.05) is 60.7 Å². The van der Waals surface area contributed by atoms with Crippen molar-refractivity contribution < 1.29 is 9.53 Å². The molecule has 0 radical (unpaired) electrons. The summed E-state index contributed by atoms with van der Waals surface area (Å²) >= 11 is 2.72. The minimum Gasteiger partial charge on any atom is -0.497 e. The van der Waals surface area contributed by atoms with Gasteiger partial charge in [-0.05, 0) is 48.5 Å². The maximum Gasteiger partial charge on any atom is 0.236 e. The second-order valence-electron chi connectivity index (χ2n) is 6.52. The molecule has 5 rings (SSSR count). The molecule has 0 unspecified atom stereocenters. The first-order chi connectivity index (χ1) is 15.2. The molecule has 1 N–H and O–H groups in total. The number of methoxy groups -OCH3 is 1. The fourth-order valence-corrected chi connectivity index (χ4v) is 4.56. The van der Waals surface area contributed by atoms with Crippen LogP contribution in [0.5, 0.6) is 5.75 Å². The zero-order chi connectivity index (χ0) is 21.2. The lowest BCUT2D eigenvalue weighted by Gasteiger charge is -2.04. The van der Waals surface area contributed by atoms with Crippen LogP contribution in [0, 0.1) is 0 Å². The first-order valence-electron chi connectivity index (χ1n) is 9.35. The maximum absolute atomic E-state index is 12.4. The van der Waals surface area contributed by atoms with Crippen LogP contribution in [0.1, 0.15) is 0 Å². The third kappa shape index (κ3) is 4.07. The number of nitrogens with one attached hydrogen (secondary N) is 1. The Bertz CT molecular complexity index is 1350. The number of hydrogen-bond acceptors (Lipinski definition) is 8. The lowest BCUT2D eigenvalue weighted by molar-refractivity contribution is -0.113. The molecular formula is C21H16N6O2S2. The minimum atomic E-state index is -0.160. The van der Waals surface area contributed by atoms with Gasteiger partial charge in [0.15, 0.2) is 10.8 Å². The van der Waals surface area contributed by atoms with E-state index in [0.717, 1.165) is 27.2 Å². The largest absolute Gasteiger partial charge is 0.497 e. The molecule has 154 valence electrons. The molecule has 3 aromatic heterocycles. The van der Waals surface area contributed by atoms with E-state index >= 15 is 0 Å². The predicted molar refractivity (Wildman–Crippen MR) is 122 cm³/mol. The van der Waals surface area contributed by atoms with Crippen molar-refractivity contribution in [2.24, 2.45) is 0 Å². The molecule has 31 heavy (non-hydrogen) atoms. The van der Waals surface area contributed by atoms with Gasteiger partial charge >= 0.3 is 0 Å². The van der Waals surface area contributed by atoms with E-state index in [4.69, 9.17) is 4.74 Å². The molecule has 0 fully saturated rings. The number of ether oxygens (including phenoxy) is 1. The van der Waals surface area contributed by atoms with Crippen LogP contribution in [0.25, 0.3) is 27.1 Å². The number of fused-ring (bicyclic) bond motifs is 2. The highest BCUT2D eigenvalue weighted by molar-refractivity contribution is 7.99. The third-order valence-corrected chi connectivity index (χ3v) is 6.36. The van der Waals surface area contributed by atoms with Gasteiger partial charge in [-0.3, -0.25) is 4.79 Å². The number of anilines is 1. The molecule has 5 aromatic rings. The summed E-state index contributed by atoms with van der Waals surface area (Å²) in [5.74, 6) is 0.794. The highest BCUT2D eigenvalue weighted by Gasteiger charge is 2.13. The second kappa shape index (κ2) is 8.32. The van der Waals surface area contributed by atoms with Crippen LogP contribution in [-0.4, -0.2) is 43.6 Å². The summed E-state index contributed by atoms with van der Waals surface area (Å²) in [5.41, 5.74) is 3.21. The predicted octanol–water partition coefficient (Wildman–Crippen LogP) is 4.14. The van der Waals surface area contributed by atoms with E-state index in [9.17, 15) is 4.79 Å². The Morgan fingerprint density at radius 1 is 1.10 bits per heavy atom. The Labute approximate surface area is 185 Å². The van der Waals surface area contributed by atoms with Gasteiger partial charge in [-0.25, -0.2) is 4.98 Å². The number of para-hydroxylation sites is 1. The Morgan fingerprint density at radius 2 is 1.94 bits per heavy atom. The van der Waals surface area contributed by atoms with E-state index in [2.05, 4.69) is 25.6 Å². The normalized spacial score (nSPS) is 11.1. The van der Waals surface area contributed by atoms with E-state index in [0.29, 0.717) is 15.9 Å². The van der Waals surface area contributed by atoms with Crippen molar-refractivity contribution in [2.45, 2.75) is 5.16 Å².